The zero-order chi connectivity index (χ0) is 20.2. The number of rotatable bonds is 6. The number of anilines is 2. The van der Waals surface area contributed by atoms with Crippen LogP contribution in [0.15, 0.2) is 42.7 Å². The highest BCUT2D eigenvalue weighted by atomic mass is 16.2. The fourth-order valence-corrected chi connectivity index (χ4v) is 4.08. The van der Waals surface area contributed by atoms with Crippen molar-refractivity contribution in [2.45, 2.75) is 52.0 Å². The molecule has 0 bridgehead atoms. The molecular formula is C23H29N5O. The van der Waals surface area contributed by atoms with E-state index < -0.39 is 0 Å². The Bertz CT molecular complexity index is 969. The minimum Gasteiger partial charge on any atom is -0.339 e. The molecule has 1 aromatic carbocycles. The first-order valence-electron chi connectivity index (χ1n) is 10.7. The van der Waals surface area contributed by atoms with Crippen molar-refractivity contribution in [3.8, 4) is 0 Å². The molecular weight excluding hydrogens is 362 g/mol. The molecule has 1 N–H and O–H groups in total. The number of aromatic nitrogens is 3. The van der Waals surface area contributed by atoms with Crippen molar-refractivity contribution in [3.05, 3.63) is 48.3 Å². The third-order valence-corrected chi connectivity index (χ3v) is 5.82. The van der Waals surface area contributed by atoms with E-state index in [0.717, 1.165) is 61.1 Å². The van der Waals surface area contributed by atoms with Gasteiger partial charge >= 0.3 is 0 Å². The second kappa shape index (κ2) is 8.64. The molecule has 1 aliphatic heterocycles. The normalized spacial score (nSPS) is 14.5. The summed E-state index contributed by atoms with van der Waals surface area (Å²) in [7, 11) is 0. The maximum Gasteiger partial charge on any atom is 0.253 e. The molecule has 0 spiro atoms. The molecule has 6 heteroatoms. The van der Waals surface area contributed by atoms with Gasteiger partial charge in [0, 0.05) is 48.2 Å². The van der Waals surface area contributed by atoms with Crippen molar-refractivity contribution in [1.29, 1.82) is 0 Å². The average molecular weight is 392 g/mol. The van der Waals surface area contributed by atoms with Crippen LogP contribution < -0.4 is 5.32 Å². The molecule has 2 aromatic heterocycles. The first-order valence-corrected chi connectivity index (χ1v) is 10.7. The first kappa shape index (κ1) is 19.4. The van der Waals surface area contributed by atoms with Gasteiger partial charge in [-0.1, -0.05) is 13.8 Å². The minimum absolute atomic E-state index is 0.122. The van der Waals surface area contributed by atoms with Gasteiger partial charge in [0.25, 0.3) is 5.91 Å². The van der Waals surface area contributed by atoms with Crippen LogP contribution in [0.2, 0.25) is 0 Å². The van der Waals surface area contributed by atoms with Crippen LogP contribution in [0.4, 0.5) is 11.6 Å². The van der Waals surface area contributed by atoms with Gasteiger partial charge in [-0.3, -0.25) is 4.79 Å². The Morgan fingerprint density at radius 2 is 1.79 bits per heavy atom. The number of carbonyl (C=O) groups excluding carboxylic acids is 1. The van der Waals surface area contributed by atoms with Crippen LogP contribution in [0.3, 0.4) is 0 Å². The van der Waals surface area contributed by atoms with Crippen LogP contribution in [0.1, 0.15) is 62.4 Å². The third-order valence-electron chi connectivity index (χ3n) is 5.82. The summed E-state index contributed by atoms with van der Waals surface area (Å²) in [4.78, 5) is 23.8. The molecule has 6 nitrogen and oxygen atoms in total. The van der Waals surface area contributed by atoms with Gasteiger partial charge in [0.1, 0.15) is 5.65 Å². The fraction of sp³-hybridized carbons (Fsp3) is 0.435. The van der Waals surface area contributed by atoms with Crippen LogP contribution >= 0.6 is 0 Å². The number of benzene rings is 1. The Balaban J connectivity index is 1.50. The monoisotopic (exact) mass is 391 g/mol. The van der Waals surface area contributed by atoms with Crippen molar-refractivity contribution >= 4 is 28.6 Å². The first-order chi connectivity index (χ1) is 14.2. The molecule has 3 heterocycles. The molecule has 1 amide bonds. The molecule has 0 aliphatic carbocycles. The lowest BCUT2D eigenvalue weighted by Gasteiger charge is -2.26. The van der Waals surface area contributed by atoms with Crippen LogP contribution in [-0.4, -0.2) is 38.4 Å². The van der Waals surface area contributed by atoms with Gasteiger partial charge in [0.2, 0.25) is 5.95 Å². The molecule has 3 aromatic rings. The molecule has 1 fully saturated rings. The molecule has 1 aliphatic rings. The van der Waals surface area contributed by atoms with E-state index in [9.17, 15) is 4.79 Å². The lowest BCUT2D eigenvalue weighted by atomic mass is 10.1. The summed E-state index contributed by atoms with van der Waals surface area (Å²) >= 11 is 0. The molecule has 0 radical (unpaired) electrons. The Morgan fingerprint density at radius 1 is 1.07 bits per heavy atom. The van der Waals surface area contributed by atoms with Gasteiger partial charge in [-0.25, -0.2) is 4.98 Å². The summed E-state index contributed by atoms with van der Waals surface area (Å²) in [5, 5.41) is 4.32. The van der Waals surface area contributed by atoms with Crippen LogP contribution in [-0.2, 0) is 0 Å². The molecule has 4 rings (SSSR count). The SMILES string of the molecule is CCC(CC)n1ccc2cnc(Nc3ccc(C(=O)N4CCCCC4)cc3)nc21. The van der Waals surface area contributed by atoms with Gasteiger partial charge in [-0.05, 0) is 62.4 Å². The maximum atomic E-state index is 12.6. The van der Waals surface area contributed by atoms with Crippen LogP contribution in [0.5, 0.6) is 0 Å². The maximum absolute atomic E-state index is 12.6. The number of likely N-dealkylation sites (tertiary alicyclic amines) is 1. The van der Waals surface area contributed by atoms with E-state index in [0.29, 0.717) is 12.0 Å². The van der Waals surface area contributed by atoms with Crippen LogP contribution in [0.25, 0.3) is 11.0 Å². The molecule has 1 saturated heterocycles. The standard InChI is InChI=1S/C23H29N5O/c1-3-20(4-2)28-15-12-18-16-24-23(26-21(18)28)25-19-10-8-17(9-11-19)22(29)27-13-6-5-7-14-27/h8-12,15-16,20H,3-7,13-14H2,1-2H3,(H,24,25,26). The Morgan fingerprint density at radius 3 is 2.48 bits per heavy atom. The van der Waals surface area contributed by atoms with Gasteiger partial charge in [-0.2, -0.15) is 4.98 Å². The zero-order valence-corrected chi connectivity index (χ0v) is 17.3. The number of amides is 1. The predicted molar refractivity (Wildman–Crippen MR) is 117 cm³/mol. The highest BCUT2D eigenvalue weighted by molar-refractivity contribution is 5.94. The number of nitrogens with zero attached hydrogens (tertiary/aromatic N) is 4. The quantitative estimate of drug-likeness (QED) is 0.630. The molecule has 29 heavy (non-hydrogen) atoms. The topological polar surface area (TPSA) is 63.1 Å². The number of fused-ring (bicyclic) bond motifs is 1. The lowest BCUT2D eigenvalue weighted by Crippen LogP contribution is -2.35. The van der Waals surface area contributed by atoms with E-state index in [4.69, 9.17) is 4.98 Å². The van der Waals surface area contributed by atoms with Crippen molar-refractivity contribution in [1.82, 2.24) is 19.4 Å². The summed E-state index contributed by atoms with van der Waals surface area (Å²) in [6, 6.07) is 10.1. The van der Waals surface area contributed by atoms with E-state index in [-0.39, 0.29) is 5.91 Å². The largest absolute Gasteiger partial charge is 0.339 e. The summed E-state index contributed by atoms with van der Waals surface area (Å²) < 4.78 is 2.24. The van der Waals surface area contributed by atoms with Crippen LogP contribution in [0, 0.1) is 0 Å². The number of piperidine rings is 1. The van der Waals surface area contributed by atoms with Gasteiger partial charge < -0.3 is 14.8 Å². The van der Waals surface area contributed by atoms with Gasteiger partial charge in [0.15, 0.2) is 0 Å². The summed E-state index contributed by atoms with van der Waals surface area (Å²) in [5.74, 6) is 0.690. The summed E-state index contributed by atoms with van der Waals surface area (Å²) in [5.41, 5.74) is 2.56. The second-order valence-electron chi connectivity index (χ2n) is 7.72. The van der Waals surface area contributed by atoms with E-state index in [1.165, 1.54) is 6.42 Å². The fourth-order valence-electron chi connectivity index (χ4n) is 4.08. The van der Waals surface area contributed by atoms with Crippen molar-refractivity contribution in [2.75, 3.05) is 18.4 Å². The Hall–Kier alpha value is -2.89. The molecule has 152 valence electrons. The summed E-state index contributed by atoms with van der Waals surface area (Å²) in [6.07, 6.45) is 9.52. The van der Waals surface area contributed by atoms with E-state index in [1.54, 1.807) is 0 Å². The highest BCUT2D eigenvalue weighted by Crippen LogP contribution is 2.24. The minimum atomic E-state index is 0.122. The van der Waals surface area contributed by atoms with Crippen molar-refractivity contribution < 1.29 is 4.79 Å². The predicted octanol–water partition coefficient (Wildman–Crippen LogP) is 5.16. The second-order valence-corrected chi connectivity index (χ2v) is 7.72. The van der Waals surface area contributed by atoms with Gasteiger partial charge in [0.05, 0.1) is 0 Å². The van der Waals surface area contributed by atoms with E-state index in [1.807, 2.05) is 35.4 Å². The number of hydrogen-bond donors (Lipinski definition) is 1. The molecule has 0 saturated carbocycles. The van der Waals surface area contributed by atoms with E-state index >= 15 is 0 Å². The molecule has 0 unspecified atom stereocenters. The Labute approximate surface area is 172 Å². The number of nitrogens with one attached hydrogen (secondary N) is 1. The zero-order valence-electron chi connectivity index (χ0n) is 17.3. The van der Waals surface area contributed by atoms with Crippen molar-refractivity contribution in [2.24, 2.45) is 0 Å². The highest BCUT2D eigenvalue weighted by Gasteiger charge is 2.18. The molecule has 0 atom stereocenters. The number of hydrogen-bond acceptors (Lipinski definition) is 4. The Kier molecular flexibility index (Phi) is 5.79. The number of carbonyl (C=O) groups is 1. The smallest absolute Gasteiger partial charge is 0.253 e. The van der Waals surface area contributed by atoms with E-state index in [2.05, 4.69) is 41.0 Å². The van der Waals surface area contributed by atoms with Gasteiger partial charge in [-0.15, -0.1) is 0 Å². The summed E-state index contributed by atoms with van der Waals surface area (Å²) in [6.45, 7) is 6.13. The average Bonchev–Trinajstić information content (AvgIpc) is 3.19. The van der Waals surface area contributed by atoms with Crippen molar-refractivity contribution in [3.63, 3.8) is 0 Å². The third kappa shape index (κ3) is 4.11. The lowest BCUT2D eigenvalue weighted by molar-refractivity contribution is 0.0724.